The molecule has 0 radical (unpaired) electrons. The number of hydrogen-bond donors (Lipinski definition) is 1. The second kappa shape index (κ2) is 5.68. The molecule has 0 aliphatic heterocycles. The molecular weight excluding hydrogens is 383 g/mol. The fraction of sp³-hybridized carbons (Fsp3) is 0.0625. The average molecular weight is 395 g/mol. The number of hydrogen-bond acceptors (Lipinski definition) is 2. The summed E-state index contributed by atoms with van der Waals surface area (Å²) in [5.41, 5.74) is 9.39. The van der Waals surface area contributed by atoms with Crippen LogP contribution in [-0.4, -0.2) is 4.98 Å². The van der Waals surface area contributed by atoms with Gasteiger partial charge in [-0.2, -0.15) is 0 Å². The van der Waals surface area contributed by atoms with Crippen molar-refractivity contribution in [2.45, 2.75) is 6.04 Å². The topological polar surface area (TPSA) is 38.9 Å². The smallest absolute Gasteiger partial charge is 0.0702 e. The van der Waals surface area contributed by atoms with Crippen molar-refractivity contribution < 1.29 is 0 Å². The Morgan fingerprint density at radius 3 is 2.60 bits per heavy atom. The van der Waals surface area contributed by atoms with Crippen molar-refractivity contribution in [3.05, 3.63) is 74.4 Å². The fourth-order valence-electron chi connectivity index (χ4n) is 2.19. The van der Waals surface area contributed by atoms with Crippen LogP contribution < -0.4 is 5.73 Å². The van der Waals surface area contributed by atoms with Crippen molar-refractivity contribution in [1.82, 2.24) is 4.98 Å². The van der Waals surface area contributed by atoms with Crippen molar-refractivity contribution in [2.24, 2.45) is 5.73 Å². The first-order chi connectivity index (χ1) is 9.65. The van der Waals surface area contributed by atoms with Crippen molar-refractivity contribution >= 4 is 45.1 Å². The Bertz CT molecular complexity index is 773. The molecule has 2 nitrogen and oxygen atoms in total. The SMILES string of the molecule is NC(c1ccc(I)c(Cl)c1)c1ccc2ncccc2c1. The van der Waals surface area contributed by atoms with Crippen LogP contribution in [-0.2, 0) is 0 Å². The molecule has 3 aromatic rings. The van der Waals surface area contributed by atoms with E-state index >= 15 is 0 Å². The summed E-state index contributed by atoms with van der Waals surface area (Å²) in [5.74, 6) is 0. The van der Waals surface area contributed by atoms with Crippen molar-refractivity contribution in [3.8, 4) is 0 Å². The third-order valence-electron chi connectivity index (χ3n) is 3.29. The molecule has 0 spiro atoms. The van der Waals surface area contributed by atoms with E-state index in [-0.39, 0.29) is 6.04 Å². The van der Waals surface area contributed by atoms with Gasteiger partial charge in [-0.05, 0) is 64.0 Å². The summed E-state index contributed by atoms with van der Waals surface area (Å²) in [6.45, 7) is 0. The van der Waals surface area contributed by atoms with Gasteiger partial charge in [0.25, 0.3) is 0 Å². The second-order valence-corrected chi connectivity index (χ2v) is 6.18. The Hall–Kier alpha value is -1.17. The normalized spacial score (nSPS) is 12.6. The standard InChI is InChI=1S/C16H12ClIN2/c17-13-9-12(3-5-14(13)18)16(19)11-4-6-15-10(8-11)2-1-7-20-15/h1-9,16H,19H2. The predicted molar refractivity (Wildman–Crippen MR) is 91.9 cm³/mol. The lowest BCUT2D eigenvalue weighted by atomic mass is 9.98. The molecule has 0 bridgehead atoms. The zero-order valence-electron chi connectivity index (χ0n) is 10.6. The quantitative estimate of drug-likeness (QED) is 0.648. The molecule has 20 heavy (non-hydrogen) atoms. The number of halogens is 2. The van der Waals surface area contributed by atoms with E-state index in [0.717, 1.165) is 30.6 Å². The third kappa shape index (κ3) is 2.66. The Morgan fingerprint density at radius 1 is 1.05 bits per heavy atom. The van der Waals surface area contributed by atoms with Gasteiger partial charge in [0.05, 0.1) is 16.6 Å². The molecule has 2 aromatic carbocycles. The molecule has 3 rings (SSSR count). The Kier molecular flexibility index (Phi) is 3.92. The number of pyridine rings is 1. The third-order valence-corrected chi connectivity index (χ3v) is 4.86. The van der Waals surface area contributed by atoms with Gasteiger partial charge in [-0.25, -0.2) is 0 Å². The molecule has 0 aliphatic carbocycles. The lowest BCUT2D eigenvalue weighted by molar-refractivity contribution is 0.873. The maximum Gasteiger partial charge on any atom is 0.0702 e. The monoisotopic (exact) mass is 394 g/mol. The maximum absolute atomic E-state index is 6.34. The first kappa shape index (κ1) is 13.8. The Balaban J connectivity index is 2.02. The number of aromatic nitrogens is 1. The van der Waals surface area contributed by atoms with E-state index in [1.807, 2.05) is 42.5 Å². The molecule has 100 valence electrons. The highest BCUT2D eigenvalue weighted by Gasteiger charge is 2.11. The summed E-state index contributed by atoms with van der Waals surface area (Å²) in [5, 5.41) is 1.83. The zero-order chi connectivity index (χ0) is 14.1. The van der Waals surface area contributed by atoms with E-state index in [4.69, 9.17) is 17.3 Å². The van der Waals surface area contributed by atoms with E-state index in [2.05, 4.69) is 33.6 Å². The van der Waals surface area contributed by atoms with Gasteiger partial charge in [-0.15, -0.1) is 0 Å². The van der Waals surface area contributed by atoms with Crippen LogP contribution in [0.1, 0.15) is 17.2 Å². The minimum Gasteiger partial charge on any atom is -0.320 e. The Labute approximate surface area is 136 Å². The van der Waals surface area contributed by atoms with E-state index in [1.54, 1.807) is 6.20 Å². The van der Waals surface area contributed by atoms with Crippen LogP contribution in [0.2, 0.25) is 5.02 Å². The molecule has 2 N–H and O–H groups in total. The molecule has 0 amide bonds. The van der Waals surface area contributed by atoms with Gasteiger partial charge in [-0.1, -0.05) is 29.8 Å². The maximum atomic E-state index is 6.34. The van der Waals surface area contributed by atoms with Crippen molar-refractivity contribution in [2.75, 3.05) is 0 Å². The van der Waals surface area contributed by atoms with Crippen LogP contribution >= 0.6 is 34.2 Å². The molecule has 0 aliphatic rings. The van der Waals surface area contributed by atoms with Gasteiger partial charge in [0.2, 0.25) is 0 Å². The highest BCUT2D eigenvalue weighted by molar-refractivity contribution is 14.1. The molecular formula is C16H12ClIN2. The predicted octanol–water partition coefficient (Wildman–Crippen LogP) is 4.54. The van der Waals surface area contributed by atoms with E-state index in [1.165, 1.54) is 0 Å². The number of benzene rings is 2. The first-order valence-electron chi connectivity index (χ1n) is 6.20. The largest absolute Gasteiger partial charge is 0.320 e. The van der Waals surface area contributed by atoms with E-state index < -0.39 is 0 Å². The van der Waals surface area contributed by atoms with Gasteiger partial charge in [0.1, 0.15) is 0 Å². The Morgan fingerprint density at radius 2 is 1.80 bits per heavy atom. The fourth-order valence-corrected chi connectivity index (χ4v) is 2.71. The summed E-state index contributed by atoms with van der Waals surface area (Å²) >= 11 is 8.38. The minimum atomic E-state index is -0.186. The van der Waals surface area contributed by atoms with Crippen LogP contribution in [0.3, 0.4) is 0 Å². The summed E-state index contributed by atoms with van der Waals surface area (Å²) in [6, 6.07) is 15.8. The molecule has 0 saturated carbocycles. The summed E-state index contributed by atoms with van der Waals surface area (Å²) in [4.78, 5) is 4.32. The van der Waals surface area contributed by atoms with Gasteiger partial charge >= 0.3 is 0 Å². The average Bonchev–Trinajstić information content (AvgIpc) is 2.49. The van der Waals surface area contributed by atoms with Crippen LogP contribution in [0, 0.1) is 3.57 Å². The molecule has 0 saturated heterocycles. The lowest BCUT2D eigenvalue weighted by Crippen LogP contribution is -2.11. The first-order valence-corrected chi connectivity index (χ1v) is 7.66. The lowest BCUT2D eigenvalue weighted by Gasteiger charge is -2.14. The second-order valence-electron chi connectivity index (χ2n) is 4.61. The zero-order valence-corrected chi connectivity index (χ0v) is 13.5. The number of fused-ring (bicyclic) bond motifs is 1. The molecule has 4 heteroatoms. The van der Waals surface area contributed by atoms with Crippen LogP contribution in [0.5, 0.6) is 0 Å². The van der Waals surface area contributed by atoms with Crippen LogP contribution in [0.4, 0.5) is 0 Å². The number of nitrogens with zero attached hydrogens (tertiary/aromatic N) is 1. The summed E-state index contributed by atoms with van der Waals surface area (Å²) < 4.78 is 1.03. The molecule has 0 fully saturated rings. The van der Waals surface area contributed by atoms with Gasteiger partial charge < -0.3 is 5.73 Å². The minimum absolute atomic E-state index is 0.186. The van der Waals surface area contributed by atoms with E-state index in [9.17, 15) is 0 Å². The molecule has 1 atom stereocenters. The van der Waals surface area contributed by atoms with Gasteiger partial charge in [0, 0.05) is 15.2 Å². The summed E-state index contributed by atoms with van der Waals surface area (Å²) in [7, 11) is 0. The van der Waals surface area contributed by atoms with Gasteiger partial charge in [0.15, 0.2) is 0 Å². The van der Waals surface area contributed by atoms with Crippen LogP contribution in [0.15, 0.2) is 54.7 Å². The molecule has 1 unspecified atom stereocenters. The van der Waals surface area contributed by atoms with Gasteiger partial charge in [-0.3, -0.25) is 4.98 Å². The number of nitrogens with two attached hydrogens (primary N) is 1. The van der Waals surface area contributed by atoms with E-state index in [0.29, 0.717) is 0 Å². The number of rotatable bonds is 2. The molecule has 1 heterocycles. The van der Waals surface area contributed by atoms with Crippen molar-refractivity contribution in [3.63, 3.8) is 0 Å². The summed E-state index contributed by atoms with van der Waals surface area (Å²) in [6.07, 6.45) is 1.79. The highest BCUT2D eigenvalue weighted by Crippen LogP contribution is 2.27. The molecule has 1 aromatic heterocycles. The van der Waals surface area contributed by atoms with Crippen molar-refractivity contribution in [1.29, 1.82) is 0 Å². The highest BCUT2D eigenvalue weighted by atomic mass is 127. The van der Waals surface area contributed by atoms with Crippen LogP contribution in [0.25, 0.3) is 10.9 Å².